The lowest BCUT2D eigenvalue weighted by atomic mass is 10.00. The van der Waals surface area contributed by atoms with E-state index in [0.717, 1.165) is 0 Å². The predicted molar refractivity (Wildman–Crippen MR) is 170 cm³/mol. The smallest absolute Gasteiger partial charge is 0.0578 e. The molecular formula is C36H74O. The highest BCUT2D eigenvalue weighted by molar-refractivity contribution is 4.67. The van der Waals surface area contributed by atoms with Crippen molar-refractivity contribution in [1.82, 2.24) is 0 Å². The van der Waals surface area contributed by atoms with Crippen LogP contribution in [0.4, 0.5) is 0 Å². The lowest BCUT2D eigenvalue weighted by Gasteiger charge is -2.26. The molecule has 0 spiro atoms. The number of hydrogen-bond donors (Lipinski definition) is 0. The molecule has 0 aromatic heterocycles. The van der Waals surface area contributed by atoms with E-state index in [-0.39, 0.29) is 0 Å². The Morgan fingerprint density at radius 1 is 0.270 bits per heavy atom. The summed E-state index contributed by atoms with van der Waals surface area (Å²) >= 11 is 0. The molecule has 0 aromatic rings. The highest BCUT2D eigenvalue weighted by Gasteiger charge is 2.16. The second kappa shape index (κ2) is 32.2. The molecule has 0 amide bonds. The molecule has 0 bridgehead atoms. The fourth-order valence-electron chi connectivity index (χ4n) is 5.80. The average molecular weight is 523 g/mol. The van der Waals surface area contributed by atoms with Gasteiger partial charge >= 0.3 is 0 Å². The summed E-state index contributed by atoms with van der Waals surface area (Å²) in [7, 11) is 0. The quantitative estimate of drug-likeness (QED) is 0.0798. The first-order valence-electron chi connectivity index (χ1n) is 17.9. The third kappa shape index (κ3) is 28.8. The Morgan fingerprint density at radius 3 is 0.730 bits per heavy atom. The first kappa shape index (κ1) is 37.0. The average Bonchev–Trinajstić information content (AvgIpc) is 2.90. The van der Waals surface area contributed by atoms with Crippen LogP contribution in [0.5, 0.6) is 0 Å². The monoisotopic (exact) mass is 523 g/mol. The third-order valence-electron chi connectivity index (χ3n) is 8.40. The summed E-state index contributed by atoms with van der Waals surface area (Å²) in [4.78, 5) is 0. The largest absolute Gasteiger partial charge is 0.375 e. The van der Waals surface area contributed by atoms with E-state index in [4.69, 9.17) is 4.74 Å². The van der Waals surface area contributed by atoms with Crippen molar-refractivity contribution in [2.75, 3.05) is 0 Å². The summed E-state index contributed by atoms with van der Waals surface area (Å²) in [5.41, 5.74) is 0. The topological polar surface area (TPSA) is 9.23 Å². The minimum absolute atomic E-state index is 0.523. The maximum Gasteiger partial charge on any atom is 0.0578 e. The Hall–Kier alpha value is -0.0400. The molecule has 0 saturated carbocycles. The Kier molecular flexibility index (Phi) is 32.1. The van der Waals surface area contributed by atoms with Gasteiger partial charge in [-0.3, -0.25) is 0 Å². The van der Waals surface area contributed by atoms with Crippen LogP contribution in [0.2, 0.25) is 0 Å². The second-order valence-corrected chi connectivity index (χ2v) is 12.3. The zero-order valence-electron chi connectivity index (χ0n) is 26.8. The van der Waals surface area contributed by atoms with E-state index in [1.54, 1.807) is 0 Å². The third-order valence-corrected chi connectivity index (χ3v) is 8.40. The highest BCUT2D eigenvalue weighted by Crippen LogP contribution is 2.23. The van der Waals surface area contributed by atoms with Crippen molar-refractivity contribution in [3.63, 3.8) is 0 Å². The van der Waals surface area contributed by atoms with Crippen LogP contribution < -0.4 is 0 Å². The molecule has 0 radical (unpaired) electrons. The van der Waals surface area contributed by atoms with E-state index in [0.29, 0.717) is 12.2 Å². The van der Waals surface area contributed by atoms with Crippen LogP contribution in [-0.4, -0.2) is 12.2 Å². The van der Waals surface area contributed by atoms with Gasteiger partial charge in [0.1, 0.15) is 0 Å². The van der Waals surface area contributed by atoms with Gasteiger partial charge in [0.15, 0.2) is 0 Å². The van der Waals surface area contributed by atoms with Crippen molar-refractivity contribution in [1.29, 1.82) is 0 Å². The zero-order valence-corrected chi connectivity index (χ0v) is 26.8. The van der Waals surface area contributed by atoms with Crippen LogP contribution in [0, 0.1) is 0 Å². The normalized spacial score (nSPS) is 13.3. The van der Waals surface area contributed by atoms with Gasteiger partial charge in [0.2, 0.25) is 0 Å². The first-order valence-corrected chi connectivity index (χ1v) is 17.9. The minimum atomic E-state index is 0.523. The summed E-state index contributed by atoms with van der Waals surface area (Å²) in [5.74, 6) is 0. The summed E-state index contributed by atoms with van der Waals surface area (Å²) in [5, 5.41) is 0. The molecule has 0 rings (SSSR count). The van der Waals surface area contributed by atoms with Crippen molar-refractivity contribution in [3.8, 4) is 0 Å². The molecule has 0 aliphatic carbocycles. The summed E-state index contributed by atoms with van der Waals surface area (Å²) < 4.78 is 6.91. The van der Waals surface area contributed by atoms with E-state index in [2.05, 4.69) is 27.7 Å². The van der Waals surface area contributed by atoms with Gasteiger partial charge in [-0.1, -0.05) is 195 Å². The van der Waals surface area contributed by atoms with E-state index >= 15 is 0 Å². The van der Waals surface area contributed by atoms with Crippen molar-refractivity contribution in [2.45, 2.75) is 233 Å². The lowest BCUT2D eigenvalue weighted by Crippen LogP contribution is -2.23. The molecule has 224 valence electrons. The van der Waals surface area contributed by atoms with Crippen LogP contribution >= 0.6 is 0 Å². The van der Waals surface area contributed by atoms with Gasteiger partial charge in [-0.05, 0) is 25.7 Å². The highest BCUT2D eigenvalue weighted by atomic mass is 16.5. The Bertz CT molecular complexity index is 356. The maximum atomic E-state index is 6.91. The zero-order chi connectivity index (χ0) is 27.1. The van der Waals surface area contributed by atoms with Gasteiger partial charge in [-0.2, -0.15) is 0 Å². The van der Waals surface area contributed by atoms with E-state index < -0.39 is 0 Å². The predicted octanol–water partition coefficient (Wildman–Crippen LogP) is 13.5. The number of ether oxygens (including phenoxy) is 1. The van der Waals surface area contributed by atoms with Crippen LogP contribution in [0.1, 0.15) is 220 Å². The number of unbranched alkanes of at least 4 members (excludes halogenated alkanes) is 22. The molecular weight excluding hydrogens is 448 g/mol. The Balaban J connectivity index is 4.24. The van der Waals surface area contributed by atoms with Gasteiger partial charge in [-0.25, -0.2) is 0 Å². The first-order chi connectivity index (χ1) is 18.3. The molecule has 37 heavy (non-hydrogen) atoms. The Morgan fingerprint density at radius 2 is 0.459 bits per heavy atom. The summed E-state index contributed by atoms with van der Waals surface area (Å²) in [6.45, 7) is 9.28. The van der Waals surface area contributed by atoms with Crippen molar-refractivity contribution >= 4 is 0 Å². The summed E-state index contributed by atoms with van der Waals surface area (Å²) in [6, 6.07) is 0. The molecule has 0 aliphatic rings. The molecule has 1 heteroatoms. The van der Waals surface area contributed by atoms with Crippen molar-refractivity contribution in [3.05, 3.63) is 0 Å². The number of hydrogen-bond acceptors (Lipinski definition) is 1. The van der Waals surface area contributed by atoms with Crippen LogP contribution in [-0.2, 0) is 4.74 Å². The fourth-order valence-corrected chi connectivity index (χ4v) is 5.80. The lowest BCUT2D eigenvalue weighted by molar-refractivity contribution is -0.0323. The molecule has 2 atom stereocenters. The fraction of sp³-hybridized carbons (Fsp3) is 1.00. The number of rotatable bonds is 32. The van der Waals surface area contributed by atoms with E-state index in [1.807, 2.05) is 0 Å². The van der Waals surface area contributed by atoms with E-state index in [1.165, 1.54) is 193 Å². The van der Waals surface area contributed by atoms with Crippen molar-refractivity contribution < 1.29 is 4.74 Å². The van der Waals surface area contributed by atoms with E-state index in [9.17, 15) is 0 Å². The molecule has 0 N–H and O–H groups in total. The van der Waals surface area contributed by atoms with Crippen LogP contribution in [0.3, 0.4) is 0 Å². The molecule has 0 fully saturated rings. The SMILES string of the molecule is CCCCCCCCCCCCC(CCCCC)OC(CCCCC)CCCCCCCCCCCC. The molecule has 0 aliphatic heterocycles. The molecule has 0 saturated heterocycles. The van der Waals surface area contributed by atoms with Gasteiger partial charge in [0, 0.05) is 0 Å². The maximum absolute atomic E-state index is 6.91. The molecule has 0 aromatic carbocycles. The van der Waals surface area contributed by atoms with Crippen molar-refractivity contribution in [2.24, 2.45) is 0 Å². The van der Waals surface area contributed by atoms with Gasteiger partial charge in [-0.15, -0.1) is 0 Å². The van der Waals surface area contributed by atoms with Gasteiger partial charge in [0.05, 0.1) is 12.2 Å². The molecule has 1 nitrogen and oxygen atoms in total. The standard InChI is InChI=1S/C36H74O/c1-5-9-13-15-17-19-21-23-25-29-33-35(31-27-11-7-3)37-36(32-28-12-8-4)34-30-26-24-22-20-18-16-14-10-6-2/h35-36H,5-34H2,1-4H3. The minimum Gasteiger partial charge on any atom is -0.375 e. The summed E-state index contributed by atoms with van der Waals surface area (Å²) in [6.07, 6.45) is 43.0. The second-order valence-electron chi connectivity index (χ2n) is 12.3. The van der Waals surface area contributed by atoms with Crippen LogP contribution in [0.25, 0.3) is 0 Å². The molecule has 0 heterocycles. The van der Waals surface area contributed by atoms with Gasteiger partial charge < -0.3 is 4.74 Å². The Labute approximate surface area is 237 Å². The van der Waals surface area contributed by atoms with Crippen LogP contribution in [0.15, 0.2) is 0 Å². The molecule has 2 unspecified atom stereocenters. The van der Waals surface area contributed by atoms with Gasteiger partial charge in [0.25, 0.3) is 0 Å².